The molecule has 87 valence electrons. The minimum Gasteiger partial charge on any atom is -0.507 e. The monoisotopic (exact) mass is 219 g/mol. The van der Waals surface area contributed by atoms with Gasteiger partial charge in [-0.1, -0.05) is 6.07 Å². The van der Waals surface area contributed by atoms with Crippen LogP contribution in [0.15, 0.2) is 18.2 Å². The highest BCUT2D eigenvalue weighted by molar-refractivity contribution is 5.24. The average Bonchev–Trinajstić information content (AvgIpc) is 2.30. The fourth-order valence-corrected chi connectivity index (χ4v) is 1.96. The quantitative estimate of drug-likeness (QED) is 0.821. The number of benzene rings is 1. The smallest absolute Gasteiger partial charge is 0.123 e. The van der Waals surface area contributed by atoms with Gasteiger partial charge in [-0.25, -0.2) is 0 Å². The van der Waals surface area contributed by atoms with E-state index in [1.807, 2.05) is 12.1 Å². The van der Waals surface area contributed by atoms with E-state index in [-0.39, 0.29) is 5.75 Å². The van der Waals surface area contributed by atoms with Gasteiger partial charge >= 0.3 is 0 Å². The molecule has 3 nitrogen and oxygen atoms in total. The molecule has 1 aromatic rings. The van der Waals surface area contributed by atoms with Crippen LogP contribution in [-0.2, 0) is 6.42 Å². The first kappa shape index (κ1) is 11.4. The number of hydrogen-bond acceptors (Lipinski definition) is 3. The molecule has 0 bridgehead atoms. The third-order valence-corrected chi connectivity index (χ3v) is 3.17. The number of likely N-dealkylation sites (N-methyl/N-ethyl adjacent to an activating group) is 1. The van der Waals surface area contributed by atoms with Gasteiger partial charge in [-0.05, 0) is 31.2 Å². The lowest BCUT2D eigenvalue weighted by Gasteiger charge is -2.32. The van der Waals surface area contributed by atoms with Gasteiger partial charge in [0, 0.05) is 38.8 Å². The number of phenolic OH excluding ortho intramolecular Hbond substituents is 1. The van der Waals surface area contributed by atoms with Crippen LogP contribution in [-0.4, -0.2) is 54.7 Å². The molecule has 3 heteroatoms. The molecule has 0 atom stereocenters. The summed E-state index contributed by atoms with van der Waals surface area (Å²) in [6, 6.07) is 8.39. The predicted molar refractivity (Wildman–Crippen MR) is 64.6 cm³/mol. The van der Waals surface area contributed by atoms with E-state index in [2.05, 4.69) is 22.9 Å². The highest BCUT2D eigenvalue weighted by Crippen LogP contribution is 2.10. The van der Waals surface area contributed by atoms with E-state index >= 15 is 0 Å². The lowest BCUT2D eigenvalue weighted by atomic mass is 10.1. The van der Waals surface area contributed by atoms with Crippen molar-refractivity contribution in [2.45, 2.75) is 6.42 Å². The van der Waals surface area contributed by atoms with E-state index in [1.165, 1.54) is 18.7 Å². The van der Waals surface area contributed by atoms with Gasteiger partial charge in [0.1, 0.15) is 5.75 Å². The molecule has 0 saturated carbocycles. The number of aromatic hydroxyl groups is 1. The molecule has 1 aliphatic rings. The SMILES string of the molecule is CN1CCN(CCc2c[c]c(O)cc2)CC1. The molecule has 0 spiro atoms. The standard InChI is InChI=1S/C13H19N2O/c1-14-8-10-15(11-9-14)7-6-12-2-4-13(16)5-3-12/h2-4,16H,6-11H2,1H3. The van der Waals surface area contributed by atoms with E-state index in [4.69, 9.17) is 5.11 Å². The van der Waals surface area contributed by atoms with Crippen LogP contribution in [0.5, 0.6) is 5.75 Å². The lowest BCUT2D eigenvalue weighted by Crippen LogP contribution is -2.45. The number of phenols is 1. The molecule has 1 N–H and O–H groups in total. The summed E-state index contributed by atoms with van der Waals surface area (Å²) < 4.78 is 0. The molecular weight excluding hydrogens is 200 g/mol. The van der Waals surface area contributed by atoms with E-state index in [0.29, 0.717) is 0 Å². The minimum absolute atomic E-state index is 0.225. The Labute approximate surface area is 97.3 Å². The highest BCUT2D eigenvalue weighted by atomic mass is 16.3. The zero-order valence-electron chi connectivity index (χ0n) is 9.82. The maximum atomic E-state index is 9.13. The maximum Gasteiger partial charge on any atom is 0.123 e. The molecule has 1 aromatic carbocycles. The molecule has 1 heterocycles. The summed E-state index contributed by atoms with van der Waals surface area (Å²) in [6.45, 7) is 5.77. The van der Waals surface area contributed by atoms with Crippen molar-refractivity contribution < 1.29 is 5.11 Å². The Morgan fingerprint density at radius 2 is 2.00 bits per heavy atom. The average molecular weight is 219 g/mol. The first-order valence-electron chi connectivity index (χ1n) is 5.84. The van der Waals surface area contributed by atoms with Crippen molar-refractivity contribution in [2.24, 2.45) is 0 Å². The molecule has 1 fully saturated rings. The predicted octanol–water partition coefficient (Wildman–Crippen LogP) is 0.982. The van der Waals surface area contributed by atoms with Crippen molar-refractivity contribution in [3.05, 3.63) is 29.8 Å². The second-order valence-electron chi connectivity index (χ2n) is 4.48. The number of piperazine rings is 1. The molecule has 1 aliphatic heterocycles. The zero-order chi connectivity index (χ0) is 11.4. The Balaban J connectivity index is 1.77. The molecule has 1 saturated heterocycles. The first-order chi connectivity index (χ1) is 7.74. The van der Waals surface area contributed by atoms with E-state index in [9.17, 15) is 0 Å². The first-order valence-corrected chi connectivity index (χ1v) is 5.84. The Morgan fingerprint density at radius 1 is 1.25 bits per heavy atom. The number of hydrogen-bond donors (Lipinski definition) is 1. The van der Waals surface area contributed by atoms with Crippen molar-refractivity contribution in [1.82, 2.24) is 9.80 Å². The second-order valence-corrected chi connectivity index (χ2v) is 4.48. The summed E-state index contributed by atoms with van der Waals surface area (Å²) in [5, 5.41) is 9.13. The molecule has 2 rings (SSSR count). The molecule has 0 amide bonds. The van der Waals surface area contributed by atoms with E-state index in [1.54, 1.807) is 6.07 Å². The molecular formula is C13H19N2O. The van der Waals surface area contributed by atoms with Gasteiger partial charge in [0.25, 0.3) is 0 Å². The van der Waals surface area contributed by atoms with Crippen LogP contribution >= 0.6 is 0 Å². The third kappa shape index (κ3) is 3.22. The fraction of sp³-hybridized carbons (Fsp3) is 0.538. The van der Waals surface area contributed by atoms with Crippen LogP contribution in [0.4, 0.5) is 0 Å². The van der Waals surface area contributed by atoms with Crippen LogP contribution in [0.3, 0.4) is 0 Å². The van der Waals surface area contributed by atoms with Gasteiger partial charge in [0.05, 0.1) is 0 Å². The molecule has 0 unspecified atom stereocenters. The van der Waals surface area contributed by atoms with Crippen molar-refractivity contribution in [3.8, 4) is 5.75 Å². The van der Waals surface area contributed by atoms with Gasteiger partial charge in [-0.15, -0.1) is 0 Å². The minimum atomic E-state index is 0.225. The Hall–Kier alpha value is -1.06. The lowest BCUT2D eigenvalue weighted by molar-refractivity contribution is 0.155. The van der Waals surface area contributed by atoms with Crippen molar-refractivity contribution in [1.29, 1.82) is 0 Å². The Kier molecular flexibility index (Phi) is 3.80. The zero-order valence-corrected chi connectivity index (χ0v) is 9.82. The van der Waals surface area contributed by atoms with Crippen LogP contribution in [0.1, 0.15) is 5.56 Å². The highest BCUT2D eigenvalue weighted by Gasteiger charge is 2.12. The van der Waals surface area contributed by atoms with Crippen molar-refractivity contribution >= 4 is 0 Å². The summed E-state index contributed by atoms with van der Waals surface area (Å²) in [5.74, 6) is 0.225. The fourth-order valence-electron chi connectivity index (χ4n) is 1.96. The van der Waals surface area contributed by atoms with Crippen LogP contribution in [0.2, 0.25) is 0 Å². The summed E-state index contributed by atoms with van der Waals surface area (Å²) in [7, 11) is 2.17. The van der Waals surface area contributed by atoms with Crippen molar-refractivity contribution in [2.75, 3.05) is 39.8 Å². The van der Waals surface area contributed by atoms with E-state index < -0.39 is 0 Å². The molecule has 16 heavy (non-hydrogen) atoms. The summed E-state index contributed by atoms with van der Waals surface area (Å²) in [4.78, 5) is 4.86. The van der Waals surface area contributed by atoms with Gasteiger partial charge in [-0.3, -0.25) is 0 Å². The van der Waals surface area contributed by atoms with Gasteiger partial charge in [0.2, 0.25) is 0 Å². The summed E-state index contributed by atoms with van der Waals surface area (Å²) in [6.07, 6.45) is 1.04. The topological polar surface area (TPSA) is 26.7 Å². The summed E-state index contributed by atoms with van der Waals surface area (Å²) in [5.41, 5.74) is 1.25. The number of nitrogens with zero attached hydrogens (tertiary/aromatic N) is 2. The van der Waals surface area contributed by atoms with Gasteiger partial charge < -0.3 is 14.9 Å². The third-order valence-electron chi connectivity index (χ3n) is 3.17. The van der Waals surface area contributed by atoms with Crippen LogP contribution in [0.25, 0.3) is 0 Å². The molecule has 1 radical (unpaired) electrons. The molecule has 0 aliphatic carbocycles. The Morgan fingerprint density at radius 3 is 2.62 bits per heavy atom. The molecule has 0 aromatic heterocycles. The second kappa shape index (κ2) is 5.32. The van der Waals surface area contributed by atoms with Crippen LogP contribution in [0, 0.1) is 6.07 Å². The van der Waals surface area contributed by atoms with Crippen molar-refractivity contribution in [3.63, 3.8) is 0 Å². The Bertz CT molecular complexity index is 315. The van der Waals surface area contributed by atoms with Gasteiger partial charge in [0.15, 0.2) is 0 Å². The van der Waals surface area contributed by atoms with Crippen LogP contribution < -0.4 is 0 Å². The summed E-state index contributed by atoms with van der Waals surface area (Å²) >= 11 is 0. The number of rotatable bonds is 3. The van der Waals surface area contributed by atoms with Gasteiger partial charge in [-0.2, -0.15) is 0 Å². The normalized spacial score (nSPS) is 18.8. The largest absolute Gasteiger partial charge is 0.507 e. The van der Waals surface area contributed by atoms with E-state index in [0.717, 1.165) is 26.1 Å². The maximum absolute atomic E-state index is 9.13.